The molecule has 2 aromatic rings. The van der Waals surface area contributed by atoms with E-state index in [-0.39, 0.29) is 0 Å². The molecular formula is C15H16SSi. The van der Waals surface area contributed by atoms with Gasteiger partial charge in [-0.2, -0.15) is 0 Å². The first-order valence-corrected chi connectivity index (χ1v) is 9.55. The minimum atomic E-state index is -1.58. The van der Waals surface area contributed by atoms with Crippen molar-refractivity contribution in [1.82, 2.24) is 0 Å². The number of thiophene rings is 1. The monoisotopic (exact) mass is 256 g/mol. The van der Waals surface area contributed by atoms with Gasteiger partial charge in [-0.25, -0.2) is 0 Å². The fourth-order valence-corrected chi connectivity index (χ4v) is 4.94. The van der Waals surface area contributed by atoms with Crippen LogP contribution < -0.4 is 4.50 Å². The van der Waals surface area contributed by atoms with Gasteiger partial charge in [-0.3, -0.25) is 0 Å². The van der Waals surface area contributed by atoms with Crippen molar-refractivity contribution in [3.63, 3.8) is 0 Å². The summed E-state index contributed by atoms with van der Waals surface area (Å²) >= 11 is 1.89. The fourth-order valence-electron chi connectivity index (χ4n) is 1.58. The SMILES string of the molecule is Cc1ccc([Si](C)(C)C#Cc2ccccc2)s1. The topological polar surface area (TPSA) is 0 Å². The number of hydrogen-bond acceptors (Lipinski definition) is 1. The summed E-state index contributed by atoms with van der Waals surface area (Å²) in [5.74, 6) is 3.31. The molecule has 2 rings (SSSR count). The Morgan fingerprint density at radius 3 is 2.29 bits per heavy atom. The summed E-state index contributed by atoms with van der Waals surface area (Å²) < 4.78 is 1.47. The zero-order valence-corrected chi connectivity index (χ0v) is 12.3. The highest BCUT2D eigenvalue weighted by Gasteiger charge is 2.22. The molecular weight excluding hydrogens is 240 g/mol. The van der Waals surface area contributed by atoms with Crippen LogP contribution in [0, 0.1) is 18.4 Å². The normalized spacial score (nSPS) is 10.8. The van der Waals surface area contributed by atoms with E-state index >= 15 is 0 Å². The Hall–Kier alpha value is -1.30. The van der Waals surface area contributed by atoms with E-state index in [1.54, 1.807) is 0 Å². The molecule has 0 fully saturated rings. The molecule has 0 saturated heterocycles. The van der Waals surface area contributed by atoms with E-state index in [1.165, 1.54) is 9.38 Å². The summed E-state index contributed by atoms with van der Waals surface area (Å²) in [4.78, 5) is 1.38. The van der Waals surface area contributed by atoms with Gasteiger partial charge in [0.2, 0.25) is 0 Å². The predicted octanol–water partition coefficient (Wildman–Crippen LogP) is 3.56. The Morgan fingerprint density at radius 1 is 1.00 bits per heavy atom. The average Bonchev–Trinajstić information content (AvgIpc) is 2.76. The predicted molar refractivity (Wildman–Crippen MR) is 79.5 cm³/mol. The van der Waals surface area contributed by atoms with Crippen LogP contribution in [0.3, 0.4) is 0 Å². The van der Waals surface area contributed by atoms with Crippen LogP contribution in [0.1, 0.15) is 10.4 Å². The van der Waals surface area contributed by atoms with Crippen molar-refractivity contribution in [2.75, 3.05) is 0 Å². The van der Waals surface area contributed by atoms with E-state index in [1.807, 2.05) is 29.5 Å². The summed E-state index contributed by atoms with van der Waals surface area (Å²) in [6.07, 6.45) is 0. The molecule has 0 saturated carbocycles. The third kappa shape index (κ3) is 3.09. The van der Waals surface area contributed by atoms with Crippen molar-refractivity contribution in [2.45, 2.75) is 20.0 Å². The zero-order chi connectivity index (χ0) is 12.3. The van der Waals surface area contributed by atoms with E-state index in [2.05, 4.69) is 55.7 Å². The standard InChI is InChI=1S/C15H16SSi/c1-13-9-10-15(16-13)17(2,3)12-11-14-7-5-4-6-8-14/h4-10H,1-3H3. The van der Waals surface area contributed by atoms with Crippen LogP contribution in [0.4, 0.5) is 0 Å². The third-order valence-electron chi connectivity index (χ3n) is 2.65. The van der Waals surface area contributed by atoms with Gasteiger partial charge in [0, 0.05) is 14.9 Å². The molecule has 0 aliphatic heterocycles. The van der Waals surface area contributed by atoms with Crippen LogP contribution in [0.25, 0.3) is 0 Å². The molecule has 0 amide bonds. The number of rotatable bonds is 1. The molecule has 0 unspecified atom stereocenters. The second kappa shape index (κ2) is 4.91. The molecule has 2 heteroatoms. The maximum Gasteiger partial charge on any atom is 0.174 e. The molecule has 86 valence electrons. The lowest BCUT2D eigenvalue weighted by atomic mass is 10.2. The number of benzene rings is 1. The molecule has 1 aromatic carbocycles. The van der Waals surface area contributed by atoms with Gasteiger partial charge in [0.15, 0.2) is 8.07 Å². The van der Waals surface area contributed by atoms with Gasteiger partial charge in [-0.05, 0) is 25.1 Å². The molecule has 0 nitrogen and oxygen atoms in total. The molecule has 0 bridgehead atoms. The Kier molecular flexibility index (Phi) is 3.51. The number of hydrogen-bond donors (Lipinski definition) is 0. The highest BCUT2D eigenvalue weighted by Crippen LogP contribution is 2.11. The fraction of sp³-hybridized carbons (Fsp3) is 0.200. The van der Waals surface area contributed by atoms with Crippen LogP contribution in [-0.4, -0.2) is 8.07 Å². The minimum absolute atomic E-state index is 1.11. The van der Waals surface area contributed by atoms with Gasteiger partial charge in [-0.1, -0.05) is 43.3 Å². The van der Waals surface area contributed by atoms with Gasteiger partial charge in [0.25, 0.3) is 0 Å². The second-order valence-electron chi connectivity index (χ2n) is 4.65. The lowest BCUT2D eigenvalue weighted by Gasteiger charge is -2.11. The van der Waals surface area contributed by atoms with E-state index in [4.69, 9.17) is 0 Å². The molecule has 0 aliphatic rings. The molecule has 1 aromatic heterocycles. The first kappa shape index (κ1) is 12.2. The van der Waals surface area contributed by atoms with Gasteiger partial charge >= 0.3 is 0 Å². The first-order valence-electron chi connectivity index (χ1n) is 5.73. The molecule has 0 aliphatic carbocycles. The van der Waals surface area contributed by atoms with E-state index in [0.29, 0.717) is 0 Å². The highest BCUT2D eigenvalue weighted by molar-refractivity contribution is 7.28. The lowest BCUT2D eigenvalue weighted by Crippen LogP contribution is -2.37. The van der Waals surface area contributed by atoms with Gasteiger partial charge < -0.3 is 0 Å². The van der Waals surface area contributed by atoms with Crippen LogP contribution in [0.15, 0.2) is 42.5 Å². The molecule has 0 atom stereocenters. The molecule has 0 N–H and O–H groups in total. The Balaban J connectivity index is 2.26. The van der Waals surface area contributed by atoms with Gasteiger partial charge in [0.05, 0.1) is 0 Å². The maximum atomic E-state index is 3.50. The summed E-state index contributed by atoms with van der Waals surface area (Å²) in [5.41, 5.74) is 4.62. The van der Waals surface area contributed by atoms with Crippen molar-refractivity contribution in [2.24, 2.45) is 0 Å². The van der Waals surface area contributed by atoms with Crippen LogP contribution in [-0.2, 0) is 0 Å². The van der Waals surface area contributed by atoms with Crippen LogP contribution in [0.2, 0.25) is 13.1 Å². The Labute approximate surface area is 108 Å². The van der Waals surface area contributed by atoms with E-state index < -0.39 is 8.07 Å². The Bertz CT molecular complexity index is 555. The van der Waals surface area contributed by atoms with Crippen LogP contribution >= 0.6 is 11.3 Å². The van der Waals surface area contributed by atoms with Gasteiger partial charge in [0.1, 0.15) is 0 Å². The van der Waals surface area contributed by atoms with Crippen molar-refractivity contribution in [3.05, 3.63) is 52.9 Å². The zero-order valence-electron chi connectivity index (χ0n) is 10.4. The summed E-state index contributed by atoms with van der Waals surface area (Å²) in [7, 11) is -1.58. The number of aryl methyl sites for hydroxylation is 1. The maximum absolute atomic E-state index is 3.50. The largest absolute Gasteiger partial charge is 0.174 e. The van der Waals surface area contributed by atoms with Crippen molar-refractivity contribution in [1.29, 1.82) is 0 Å². The summed E-state index contributed by atoms with van der Waals surface area (Å²) in [5, 5.41) is 0. The minimum Gasteiger partial charge on any atom is -0.149 e. The second-order valence-corrected chi connectivity index (χ2v) is 10.3. The molecule has 17 heavy (non-hydrogen) atoms. The molecule has 0 radical (unpaired) electrons. The summed E-state index contributed by atoms with van der Waals surface area (Å²) in [6, 6.07) is 14.7. The van der Waals surface area contributed by atoms with Crippen molar-refractivity contribution in [3.8, 4) is 11.5 Å². The molecule has 1 heterocycles. The smallest absolute Gasteiger partial charge is 0.149 e. The Morgan fingerprint density at radius 2 is 1.71 bits per heavy atom. The quantitative estimate of drug-likeness (QED) is 0.540. The average molecular weight is 256 g/mol. The molecule has 0 spiro atoms. The lowest BCUT2D eigenvalue weighted by molar-refractivity contribution is 1.64. The van der Waals surface area contributed by atoms with Crippen molar-refractivity contribution >= 4 is 23.9 Å². The van der Waals surface area contributed by atoms with E-state index in [9.17, 15) is 0 Å². The van der Waals surface area contributed by atoms with E-state index in [0.717, 1.165) is 5.56 Å². The van der Waals surface area contributed by atoms with Gasteiger partial charge in [-0.15, -0.1) is 16.9 Å². The van der Waals surface area contributed by atoms with Crippen LogP contribution in [0.5, 0.6) is 0 Å². The third-order valence-corrected chi connectivity index (χ3v) is 7.45. The summed E-state index contributed by atoms with van der Waals surface area (Å²) in [6.45, 7) is 6.78. The van der Waals surface area contributed by atoms with Crippen molar-refractivity contribution < 1.29 is 0 Å². The first-order chi connectivity index (χ1) is 8.08. The highest BCUT2D eigenvalue weighted by atomic mass is 32.1.